The minimum atomic E-state index is -0.459. The topological polar surface area (TPSA) is 55.1 Å². The van der Waals surface area contributed by atoms with Gasteiger partial charge in [-0.1, -0.05) is 24.3 Å². The number of benzene rings is 1. The van der Waals surface area contributed by atoms with Crippen LogP contribution in [0, 0.1) is 5.92 Å². The first-order valence-electron chi connectivity index (χ1n) is 6.72. The van der Waals surface area contributed by atoms with Gasteiger partial charge in [-0.3, -0.25) is 9.18 Å². The Balaban J connectivity index is 2.71. The molecule has 1 amide bonds. The molecule has 1 unspecified atom stereocenters. The summed E-state index contributed by atoms with van der Waals surface area (Å²) in [6.07, 6.45) is 3.58. The second-order valence-electron chi connectivity index (χ2n) is 5.84. The number of amides is 1. The maximum absolute atomic E-state index is 12.5. The number of nitrogens with two attached hydrogens (primary N) is 1. The van der Waals surface area contributed by atoms with Crippen molar-refractivity contribution in [2.45, 2.75) is 26.3 Å². The Bertz CT molecular complexity index is 456. The van der Waals surface area contributed by atoms with Crippen molar-refractivity contribution < 1.29 is 9.18 Å². The molecule has 0 saturated carbocycles. The lowest BCUT2D eigenvalue weighted by molar-refractivity contribution is 0.0919. The smallest absolute Gasteiger partial charge is 0.251 e. The third-order valence-corrected chi connectivity index (χ3v) is 2.72. The van der Waals surface area contributed by atoms with Gasteiger partial charge in [-0.2, -0.15) is 0 Å². The molecule has 4 heteroatoms. The Morgan fingerprint density at radius 2 is 1.95 bits per heavy atom. The molecule has 110 valence electrons. The molecule has 0 bridgehead atoms. The summed E-state index contributed by atoms with van der Waals surface area (Å²) >= 11 is 0. The SMILES string of the molecule is CC(C)(C)NC(=O)c1ccc(C=CC(CN)CF)cc1. The first kappa shape index (κ1) is 16.4. The van der Waals surface area contributed by atoms with Gasteiger partial charge in [-0.25, -0.2) is 0 Å². The van der Waals surface area contributed by atoms with Crippen molar-refractivity contribution in [3.63, 3.8) is 0 Å². The molecular formula is C16H23FN2O. The van der Waals surface area contributed by atoms with Crippen LogP contribution in [-0.4, -0.2) is 24.7 Å². The van der Waals surface area contributed by atoms with Gasteiger partial charge in [0.05, 0.1) is 6.67 Å². The second kappa shape index (κ2) is 7.20. The van der Waals surface area contributed by atoms with Gasteiger partial charge in [0.1, 0.15) is 0 Å². The highest BCUT2D eigenvalue weighted by molar-refractivity contribution is 5.94. The van der Waals surface area contributed by atoms with Gasteiger partial charge in [-0.05, 0) is 38.5 Å². The molecule has 0 radical (unpaired) electrons. The fourth-order valence-electron chi connectivity index (χ4n) is 1.60. The van der Waals surface area contributed by atoms with E-state index in [1.807, 2.05) is 39.0 Å². The first-order valence-corrected chi connectivity index (χ1v) is 6.72. The number of nitrogens with one attached hydrogen (secondary N) is 1. The van der Waals surface area contributed by atoms with E-state index in [0.29, 0.717) is 12.1 Å². The van der Waals surface area contributed by atoms with Crippen LogP contribution in [0.25, 0.3) is 6.08 Å². The van der Waals surface area contributed by atoms with E-state index in [1.165, 1.54) is 0 Å². The highest BCUT2D eigenvalue weighted by atomic mass is 19.1. The number of carbonyl (C=O) groups excluding carboxylic acids is 1. The molecule has 20 heavy (non-hydrogen) atoms. The van der Waals surface area contributed by atoms with Gasteiger partial charge in [-0.15, -0.1) is 0 Å². The zero-order chi connectivity index (χ0) is 15.2. The van der Waals surface area contributed by atoms with Crippen LogP contribution in [-0.2, 0) is 0 Å². The molecule has 1 aromatic carbocycles. The lowest BCUT2D eigenvalue weighted by Gasteiger charge is -2.20. The van der Waals surface area contributed by atoms with Crippen molar-refractivity contribution in [2.24, 2.45) is 11.7 Å². The molecule has 1 atom stereocenters. The summed E-state index contributed by atoms with van der Waals surface area (Å²) in [5.74, 6) is -0.351. The lowest BCUT2D eigenvalue weighted by atomic mass is 10.1. The highest BCUT2D eigenvalue weighted by Gasteiger charge is 2.14. The van der Waals surface area contributed by atoms with Crippen molar-refractivity contribution in [3.8, 4) is 0 Å². The molecule has 3 nitrogen and oxygen atoms in total. The molecule has 0 spiro atoms. The van der Waals surface area contributed by atoms with Crippen LogP contribution in [0.1, 0.15) is 36.7 Å². The van der Waals surface area contributed by atoms with Crippen LogP contribution < -0.4 is 11.1 Å². The highest BCUT2D eigenvalue weighted by Crippen LogP contribution is 2.10. The van der Waals surface area contributed by atoms with Crippen LogP contribution in [0.5, 0.6) is 0 Å². The van der Waals surface area contributed by atoms with Gasteiger partial charge in [0.2, 0.25) is 0 Å². The van der Waals surface area contributed by atoms with Crippen LogP contribution in [0.2, 0.25) is 0 Å². The van der Waals surface area contributed by atoms with E-state index < -0.39 is 6.67 Å². The summed E-state index contributed by atoms with van der Waals surface area (Å²) in [6.45, 7) is 5.64. The second-order valence-corrected chi connectivity index (χ2v) is 5.84. The summed E-state index contributed by atoms with van der Waals surface area (Å²) < 4.78 is 12.5. The van der Waals surface area contributed by atoms with E-state index in [4.69, 9.17) is 5.73 Å². The Labute approximate surface area is 120 Å². The molecule has 0 aliphatic carbocycles. The largest absolute Gasteiger partial charge is 0.347 e. The predicted molar refractivity (Wildman–Crippen MR) is 81.2 cm³/mol. The number of alkyl halides is 1. The average Bonchev–Trinajstić information content (AvgIpc) is 2.38. The number of hydrogen-bond acceptors (Lipinski definition) is 2. The van der Waals surface area contributed by atoms with Gasteiger partial charge in [0, 0.05) is 23.6 Å². The van der Waals surface area contributed by atoms with Crippen LogP contribution in [0.15, 0.2) is 30.3 Å². The van der Waals surface area contributed by atoms with Gasteiger partial charge < -0.3 is 11.1 Å². The molecule has 0 fully saturated rings. The van der Waals surface area contributed by atoms with Crippen LogP contribution in [0.3, 0.4) is 0 Å². The Morgan fingerprint density at radius 3 is 2.40 bits per heavy atom. The molecule has 1 rings (SSSR count). The Hall–Kier alpha value is -1.68. The van der Waals surface area contributed by atoms with E-state index in [9.17, 15) is 9.18 Å². The molecule has 0 saturated heterocycles. The summed E-state index contributed by atoms with van der Waals surface area (Å²) in [5, 5.41) is 2.90. The van der Waals surface area contributed by atoms with E-state index in [0.717, 1.165) is 5.56 Å². The van der Waals surface area contributed by atoms with Crippen molar-refractivity contribution in [1.29, 1.82) is 0 Å². The van der Waals surface area contributed by atoms with Crippen molar-refractivity contribution in [2.75, 3.05) is 13.2 Å². The van der Waals surface area contributed by atoms with E-state index >= 15 is 0 Å². The zero-order valence-electron chi connectivity index (χ0n) is 12.3. The minimum absolute atomic E-state index is 0.100. The number of carbonyl (C=O) groups is 1. The Morgan fingerprint density at radius 1 is 1.35 bits per heavy atom. The first-order chi connectivity index (χ1) is 9.35. The summed E-state index contributed by atoms with van der Waals surface area (Å²) in [5.41, 5.74) is 6.70. The van der Waals surface area contributed by atoms with E-state index in [-0.39, 0.29) is 17.4 Å². The maximum Gasteiger partial charge on any atom is 0.251 e. The minimum Gasteiger partial charge on any atom is -0.347 e. The molecule has 0 aliphatic rings. The normalized spacial score (nSPS) is 13.4. The number of halogens is 1. The molecule has 3 N–H and O–H groups in total. The van der Waals surface area contributed by atoms with Gasteiger partial charge >= 0.3 is 0 Å². The van der Waals surface area contributed by atoms with Gasteiger partial charge in [0.25, 0.3) is 5.91 Å². The summed E-state index contributed by atoms with van der Waals surface area (Å²) in [7, 11) is 0. The van der Waals surface area contributed by atoms with Crippen molar-refractivity contribution in [1.82, 2.24) is 5.32 Å². The van der Waals surface area contributed by atoms with Crippen molar-refractivity contribution in [3.05, 3.63) is 41.5 Å². The van der Waals surface area contributed by atoms with Crippen LogP contribution >= 0.6 is 0 Å². The monoisotopic (exact) mass is 278 g/mol. The molecule has 0 aliphatic heterocycles. The average molecular weight is 278 g/mol. The standard InChI is InChI=1S/C16H23FN2O/c1-16(2,3)19-15(20)14-8-6-12(7-9-14)4-5-13(10-17)11-18/h4-9,13H,10-11,18H2,1-3H3,(H,19,20). The summed E-state index contributed by atoms with van der Waals surface area (Å²) in [4.78, 5) is 11.9. The quantitative estimate of drug-likeness (QED) is 0.870. The fourth-order valence-corrected chi connectivity index (χ4v) is 1.60. The maximum atomic E-state index is 12.5. The van der Waals surface area contributed by atoms with Gasteiger partial charge in [0.15, 0.2) is 0 Å². The zero-order valence-corrected chi connectivity index (χ0v) is 12.3. The third kappa shape index (κ3) is 5.53. The Kier molecular flexibility index (Phi) is 5.89. The molecule has 1 aromatic rings. The number of hydrogen-bond donors (Lipinski definition) is 2. The van der Waals surface area contributed by atoms with E-state index in [2.05, 4.69) is 5.32 Å². The van der Waals surface area contributed by atoms with Crippen molar-refractivity contribution >= 4 is 12.0 Å². The summed E-state index contributed by atoms with van der Waals surface area (Å²) in [6, 6.07) is 7.18. The van der Waals surface area contributed by atoms with E-state index in [1.54, 1.807) is 18.2 Å². The van der Waals surface area contributed by atoms with Crippen LogP contribution in [0.4, 0.5) is 4.39 Å². The molecule has 0 aromatic heterocycles. The molecular weight excluding hydrogens is 255 g/mol. The third-order valence-electron chi connectivity index (χ3n) is 2.72. The lowest BCUT2D eigenvalue weighted by Crippen LogP contribution is -2.40. The number of rotatable bonds is 5. The fraction of sp³-hybridized carbons (Fsp3) is 0.438. The predicted octanol–water partition coefficient (Wildman–Crippen LogP) is 2.77. The molecule has 0 heterocycles.